The zero-order valence-corrected chi connectivity index (χ0v) is 18.6. The van der Waals surface area contributed by atoms with E-state index in [0.717, 1.165) is 36.6 Å². The summed E-state index contributed by atoms with van der Waals surface area (Å²) in [5, 5.41) is 12.2. The van der Waals surface area contributed by atoms with Crippen LogP contribution in [-0.2, 0) is 13.6 Å². The van der Waals surface area contributed by atoms with Gasteiger partial charge in [0.1, 0.15) is 12.4 Å². The Bertz CT molecular complexity index is 838. The minimum Gasteiger partial charge on any atom is -0.350 e. The third-order valence-electron chi connectivity index (χ3n) is 6.50. The summed E-state index contributed by atoms with van der Waals surface area (Å²) in [4.78, 5) is 10.0. The Kier molecular flexibility index (Phi) is 6.67. The highest BCUT2D eigenvalue weighted by Crippen LogP contribution is 2.21. The molecule has 30 heavy (non-hydrogen) atoms. The van der Waals surface area contributed by atoms with Gasteiger partial charge in [0, 0.05) is 26.7 Å². The molecular weight excluding hydrogens is 374 g/mol. The van der Waals surface area contributed by atoms with Crippen molar-refractivity contribution in [2.24, 2.45) is 18.0 Å². The molecule has 1 aromatic carbocycles. The number of rotatable bonds is 6. The maximum atomic E-state index is 4.98. The van der Waals surface area contributed by atoms with Crippen LogP contribution >= 0.6 is 0 Å². The van der Waals surface area contributed by atoms with E-state index in [1.54, 1.807) is 0 Å². The van der Waals surface area contributed by atoms with Gasteiger partial charge in [-0.2, -0.15) is 0 Å². The van der Waals surface area contributed by atoms with E-state index in [2.05, 4.69) is 62.6 Å². The predicted octanol–water partition coefficient (Wildman–Crippen LogP) is 2.75. The first-order chi connectivity index (χ1) is 14.6. The first kappa shape index (κ1) is 20.8. The molecule has 0 radical (unpaired) electrons. The van der Waals surface area contributed by atoms with E-state index >= 15 is 0 Å². The van der Waals surface area contributed by atoms with Crippen molar-refractivity contribution in [3.05, 3.63) is 47.5 Å². The minimum absolute atomic E-state index is 0.198. The highest BCUT2D eigenvalue weighted by molar-refractivity contribution is 5.80. The van der Waals surface area contributed by atoms with E-state index < -0.39 is 0 Å². The van der Waals surface area contributed by atoms with Crippen LogP contribution in [0.2, 0.25) is 0 Å². The number of nitrogens with zero attached hydrogens (tertiary/aromatic N) is 6. The average molecular weight is 410 g/mol. The summed E-state index contributed by atoms with van der Waals surface area (Å²) < 4.78 is 2.02. The molecule has 2 saturated heterocycles. The van der Waals surface area contributed by atoms with Crippen LogP contribution in [0.15, 0.2) is 35.3 Å². The third-order valence-corrected chi connectivity index (χ3v) is 6.50. The molecule has 162 valence electrons. The van der Waals surface area contributed by atoms with Crippen molar-refractivity contribution in [1.82, 2.24) is 29.9 Å². The smallest absolute Gasteiger partial charge is 0.194 e. The normalized spacial score (nSPS) is 21.4. The summed E-state index contributed by atoms with van der Waals surface area (Å²) in [5.74, 6) is 3.52. The Morgan fingerprint density at radius 2 is 1.93 bits per heavy atom. The Morgan fingerprint density at radius 3 is 2.63 bits per heavy atom. The van der Waals surface area contributed by atoms with Crippen molar-refractivity contribution in [2.75, 3.05) is 32.7 Å². The summed E-state index contributed by atoms with van der Waals surface area (Å²) in [6.07, 6.45) is 3.95. The lowest BCUT2D eigenvalue weighted by Gasteiger charge is -2.26. The van der Waals surface area contributed by atoms with Crippen molar-refractivity contribution in [2.45, 2.75) is 45.7 Å². The maximum absolute atomic E-state index is 4.98. The van der Waals surface area contributed by atoms with Gasteiger partial charge < -0.3 is 19.7 Å². The van der Waals surface area contributed by atoms with Gasteiger partial charge in [-0.25, -0.2) is 4.99 Å². The van der Waals surface area contributed by atoms with E-state index in [9.17, 15) is 0 Å². The quantitative estimate of drug-likeness (QED) is 0.587. The van der Waals surface area contributed by atoms with Gasteiger partial charge in [0.2, 0.25) is 0 Å². The zero-order chi connectivity index (χ0) is 20.9. The number of aryl methyl sites for hydroxylation is 1. The first-order valence-corrected chi connectivity index (χ1v) is 11.3. The van der Waals surface area contributed by atoms with Crippen LogP contribution in [0.5, 0.6) is 0 Å². The molecule has 7 heteroatoms. The van der Waals surface area contributed by atoms with Crippen molar-refractivity contribution in [3.63, 3.8) is 0 Å². The maximum Gasteiger partial charge on any atom is 0.194 e. The van der Waals surface area contributed by atoms with E-state index in [1.165, 1.54) is 44.5 Å². The molecule has 3 heterocycles. The van der Waals surface area contributed by atoms with Gasteiger partial charge in [0.25, 0.3) is 0 Å². The summed E-state index contributed by atoms with van der Waals surface area (Å²) in [7, 11) is 2.00. The number of aliphatic imine (C=N–C) groups is 1. The number of guanidine groups is 1. The number of nitrogens with one attached hydrogen (secondary N) is 1. The fraction of sp³-hybridized carbons (Fsp3) is 0.609. The van der Waals surface area contributed by atoms with Crippen molar-refractivity contribution in [3.8, 4) is 0 Å². The number of hydrogen-bond donors (Lipinski definition) is 1. The summed E-state index contributed by atoms with van der Waals surface area (Å²) in [6, 6.07) is 10.8. The molecular formula is C23H35N7. The van der Waals surface area contributed by atoms with Gasteiger partial charge in [-0.15, -0.1) is 10.2 Å². The SMILES string of the molecule is Cc1nnc(CN=C(NC(C)c2ccccc2)N2CCC(CN3CCCC3)C2)n1C. The molecule has 4 rings (SSSR count). The molecule has 7 nitrogen and oxygen atoms in total. The van der Waals surface area contributed by atoms with Crippen molar-refractivity contribution >= 4 is 5.96 Å². The van der Waals surface area contributed by atoms with E-state index in [4.69, 9.17) is 4.99 Å². The third kappa shape index (κ3) is 5.01. The Labute approximate surface area is 180 Å². The second kappa shape index (κ2) is 9.60. The van der Waals surface area contributed by atoms with Gasteiger partial charge in [-0.1, -0.05) is 30.3 Å². The molecule has 0 saturated carbocycles. The standard InChI is InChI=1S/C23H35N7/c1-18(21-9-5-4-6-10-21)25-23(24-15-22-27-26-19(2)28(22)3)30-14-11-20(17-30)16-29-12-7-8-13-29/h4-6,9-10,18,20H,7-8,11-17H2,1-3H3,(H,24,25). The van der Waals surface area contributed by atoms with Crippen LogP contribution in [0.1, 0.15) is 49.4 Å². The van der Waals surface area contributed by atoms with Crippen LogP contribution in [0, 0.1) is 12.8 Å². The second-order valence-electron chi connectivity index (χ2n) is 8.75. The fourth-order valence-corrected chi connectivity index (χ4v) is 4.49. The largest absolute Gasteiger partial charge is 0.350 e. The molecule has 2 aliphatic rings. The second-order valence-corrected chi connectivity index (χ2v) is 8.75. The lowest BCUT2D eigenvalue weighted by molar-refractivity contribution is 0.281. The Balaban J connectivity index is 1.46. The lowest BCUT2D eigenvalue weighted by Crippen LogP contribution is -2.42. The van der Waals surface area contributed by atoms with Gasteiger partial charge in [-0.3, -0.25) is 0 Å². The number of aromatic nitrogens is 3. The molecule has 2 fully saturated rings. The van der Waals surface area contributed by atoms with Crippen LogP contribution in [-0.4, -0.2) is 63.2 Å². The fourth-order valence-electron chi connectivity index (χ4n) is 4.49. The monoisotopic (exact) mass is 409 g/mol. The topological polar surface area (TPSA) is 61.6 Å². The first-order valence-electron chi connectivity index (χ1n) is 11.3. The molecule has 0 aliphatic carbocycles. The highest BCUT2D eigenvalue weighted by atomic mass is 15.3. The Hall–Kier alpha value is -2.41. The molecule has 2 aliphatic heterocycles. The summed E-state index contributed by atoms with van der Waals surface area (Å²) in [5.41, 5.74) is 1.27. The number of benzene rings is 1. The van der Waals surface area contributed by atoms with E-state index in [-0.39, 0.29) is 6.04 Å². The van der Waals surface area contributed by atoms with Crippen LogP contribution < -0.4 is 5.32 Å². The molecule has 1 N–H and O–H groups in total. The lowest BCUT2D eigenvalue weighted by atomic mass is 10.1. The predicted molar refractivity (Wildman–Crippen MR) is 120 cm³/mol. The van der Waals surface area contributed by atoms with Gasteiger partial charge in [0.05, 0.1) is 6.04 Å². The molecule has 0 spiro atoms. The highest BCUT2D eigenvalue weighted by Gasteiger charge is 2.28. The molecule has 0 bridgehead atoms. The molecule has 2 aromatic rings. The van der Waals surface area contributed by atoms with Crippen molar-refractivity contribution < 1.29 is 0 Å². The average Bonchev–Trinajstić information content (AvgIpc) is 3.51. The van der Waals surface area contributed by atoms with Crippen LogP contribution in [0.25, 0.3) is 0 Å². The van der Waals surface area contributed by atoms with E-state index in [0.29, 0.717) is 6.54 Å². The number of likely N-dealkylation sites (tertiary alicyclic amines) is 2. The molecule has 2 unspecified atom stereocenters. The zero-order valence-electron chi connectivity index (χ0n) is 18.6. The van der Waals surface area contributed by atoms with Gasteiger partial charge in [0.15, 0.2) is 11.8 Å². The Morgan fingerprint density at radius 1 is 1.17 bits per heavy atom. The summed E-state index contributed by atoms with van der Waals surface area (Å²) >= 11 is 0. The van der Waals surface area contributed by atoms with E-state index in [1.807, 2.05) is 18.5 Å². The molecule has 0 amide bonds. The van der Waals surface area contributed by atoms with Gasteiger partial charge in [-0.05, 0) is 57.7 Å². The van der Waals surface area contributed by atoms with Crippen LogP contribution in [0.3, 0.4) is 0 Å². The van der Waals surface area contributed by atoms with Gasteiger partial charge >= 0.3 is 0 Å². The van der Waals surface area contributed by atoms with Crippen molar-refractivity contribution in [1.29, 1.82) is 0 Å². The minimum atomic E-state index is 0.198. The number of hydrogen-bond acceptors (Lipinski definition) is 4. The van der Waals surface area contributed by atoms with Crippen LogP contribution in [0.4, 0.5) is 0 Å². The summed E-state index contributed by atoms with van der Waals surface area (Å²) in [6.45, 7) is 10.6. The molecule has 1 aromatic heterocycles. The molecule has 2 atom stereocenters.